The second-order valence-electron chi connectivity index (χ2n) is 14.2. The van der Waals surface area contributed by atoms with E-state index in [1.807, 2.05) is 0 Å². The van der Waals surface area contributed by atoms with Gasteiger partial charge in [0.1, 0.15) is 0 Å². The molecule has 7 aromatic rings. The standard InChI is InChI=1S/C46H40N2/c1-32-34-23-24-35(32)31-46(2,30-34)36-13-12-16-39(29-36)47(37-14-4-3-5-15-37)38-27-25-33(26-28-38)40-17-6-9-20-43(40)48-44-21-10-7-18-41(44)42-19-8-11-22-45(42)48/h3-22,25-29,34-35H,1,23-24,30-31H2,2H3/t34-,35-/m0/s1. The molecule has 234 valence electrons. The van der Waals surface area contributed by atoms with Gasteiger partial charge in [0, 0.05) is 33.4 Å². The van der Waals surface area contributed by atoms with Crippen LogP contribution in [0.25, 0.3) is 38.6 Å². The van der Waals surface area contributed by atoms with Gasteiger partial charge in [0.25, 0.3) is 0 Å². The zero-order valence-corrected chi connectivity index (χ0v) is 27.5. The molecule has 1 aromatic heterocycles. The van der Waals surface area contributed by atoms with Crippen molar-refractivity contribution in [2.24, 2.45) is 11.8 Å². The van der Waals surface area contributed by atoms with Crippen LogP contribution in [-0.4, -0.2) is 4.57 Å². The quantitative estimate of drug-likeness (QED) is 0.168. The summed E-state index contributed by atoms with van der Waals surface area (Å²) in [6.45, 7) is 6.98. The van der Waals surface area contributed by atoms with E-state index in [0.717, 1.165) is 11.4 Å². The summed E-state index contributed by atoms with van der Waals surface area (Å²) in [6.07, 6.45) is 5.02. The summed E-state index contributed by atoms with van der Waals surface area (Å²) in [5.41, 5.74) is 12.7. The molecule has 1 heterocycles. The summed E-state index contributed by atoms with van der Waals surface area (Å²) < 4.78 is 2.42. The maximum Gasteiger partial charge on any atom is 0.0541 e. The van der Waals surface area contributed by atoms with Crippen molar-refractivity contribution in [1.29, 1.82) is 0 Å². The Morgan fingerprint density at radius 1 is 0.583 bits per heavy atom. The topological polar surface area (TPSA) is 8.17 Å². The van der Waals surface area contributed by atoms with E-state index in [1.165, 1.54) is 81.1 Å². The van der Waals surface area contributed by atoms with Crippen molar-refractivity contribution in [1.82, 2.24) is 4.57 Å². The molecule has 6 aromatic carbocycles. The molecule has 2 bridgehead atoms. The summed E-state index contributed by atoms with van der Waals surface area (Å²) in [5, 5.41) is 2.55. The number of hydrogen-bond acceptors (Lipinski definition) is 1. The smallest absolute Gasteiger partial charge is 0.0541 e. The normalized spacial score (nSPS) is 20.4. The number of benzene rings is 6. The van der Waals surface area contributed by atoms with E-state index in [1.54, 1.807) is 0 Å². The predicted molar refractivity (Wildman–Crippen MR) is 203 cm³/mol. The molecule has 0 amide bonds. The van der Waals surface area contributed by atoms with E-state index >= 15 is 0 Å². The molecule has 0 radical (unpaired) electrons. The zero-order valence-electron chi connectivity index (χ0n) is 27.5. The Balaban J connectivity index is 1.12. The molecule has 2 fully saturated rings. The minimum atomic E-state index is 0.172. The number of para-hydroxylation sites is 4. The van der Waals surface area contributed by atoms with Gasteiger partial charge >= 0.3 is 0 Å². The minimum Gasteiger partial charge on any atom is -0.310 e. The lowest BCUT2D eigenvalue weighted by molar-refractivity contribution is 0.293. The van der Waals surface area contributed by atoms with E-state index in [0.29, 0.717) is 11.8 Å². The van der Waals surface area contributed by atoms with Crippen LogP contribution in [0.3, 0.4) is 0 Å². The van der Waals surface area contributed by atoms with Gasteiger partial charge in [-0.1, -0.05) is 116 Å². The van der Waals surface area contributed by atoms with Gasteiger partial charge in [-0.25, -0.2) is 0 Å². The second-order valence-corrected chi connectivity index (χ2v) is 14.2. The van der Waals surface area contributed by atoms with E-state index in [9.17, 15) is 0 Å². The number of aromatic nitrogens is 1. The van der Waals surface area contributed by atoms with Crippen molar-refractivity contribution in [2.75, 3.05) is 4.90 Å². The fourth-order valence-corrected chi connectivity index (χ4v) is 8.91. The van der Waals surface area contributed by atoms with E-state index in [-0.39, 0.29) is 5.41 Å². The van der Waals surface area contributed by atoms with E-state index in [4.69, 9.17) is 0 Å². The van der Waals surface area contributed by atoms with Gasteiger partial charge in [0.05, 0.1) is 16.7 Å². The molecule has 2 aliphatic rings. The van der Waals surface area contributed by atoms with Gasteiger partial charge < -0.3 is 9.47 Å². The van der Waals surface area contributed by atoms with Crippen LogP contribution in [0.1, 0.15) is 38.2 Å². The highest BCUT2D eigenvalue weighted by Gasteiger charge is 2.44. The molecule has 2 aliphatic carbocycles. The molecule has 2 heteroatoms. The van der Waals surface area contributed by atoms with Crippen LogP contribution >= 0.6 is 0 Å². The molecule has 0 saturated heterocycles. The molecule has 2 nitrogen and oxygen atoms in total. The number of fused-ring (bicyclic) bond motifs is 5. The van der Waals surface area contributed by atoms with Crippen LogP contribution in [-0.2, 0) is 5.41 Å². The Hall–Kier alpha value is -5.34. The van der Waals surface area contributed by atoms with Crippen LogP contribution in [0, 0.1) is 11.8 Å². The first kappa shape index (κ1) is 28.8. The predicted octanol–water partition coefficient (Wildman–Crippen LogP) is 12.6. The largest absolute Gasteiger partial charge is 0.310 e. The van der Waals surface area contributed by atoms with Crippen molar-refractivity contribution in [3.8, 4) is 16.8 Å². The number of allylic oxidation sites excluding steroid dienone is 1. The SMILES string of the molecule is C=C1[C@H]2CC[C@H]1CC(C)(c1cccc(N(c3ccccc3)c3ccc(-c4ccccc4-n4c5ccccc5c5ccccc54)cc3)c1)C2. The maximum atomic E-state index is 4.49. The average molecular weight is 621 g/mol. The third-order valence-corrected chi connectivity index (χ3v) is 11.3. The Labute approximate surface area is 283 Å². The molecule has 2 saturated carbocycles. The van der Waals surface area contributed by atoms with Gasteiger partial charge in [-0.2, -0.15) is 0 Å². The lowest BCUT2D eigenvalue weighted by atomic mass is 9.65. The van der Waals surface area contributed by atoms with Crippen molar-refractivity contribution in [2.45, 2.75) is 38.0 Å². The Bertz CT molecular complexity index is 2220. The Morgan fingerprint density at radius 2 is 1.15 bits per heavy atom. The molecule has 48 heavy (non-hydrogen) atoms. The highest BCUT2D eigenvalue weighted by molar-refractivity contribution is 6.09. The molecule has 2 atom stereocenters. The fraction of sp³-hybridized carbons (Fsp3) is 0.174. The van der Waals surface area contributed by atoms with Gasteiger partial charge in [-0.05, 0) is 109 Å². The Morgan fingerprint density at radius 3 is 1.83 bits per heavy atom. The monoisotopic (exact) mass is 620 g/mol. The number of anilines is 3. The molecule has 9 rings (SSSR count). The van der Waals surface area contributed by atoms with Crippen molar-refractivity contribution < 1.29 is 0 Å². The first-order valence-corrected chi connectivity index (χ1v) is 17.4. The third kappa shape index (κ3) is 4.70. The first-order chi connectivity index (χ1) is 23.6. The summed E-state index contributed by atoms with van der Waals surface area (Å²) in [6, 6.07) is 55.5. The van der Waals surface area contributed by atoms with Gasteiger partial charge in [-0.3, -0.25) is 0 Å². The highest BCUT2D eigenvalue weighted by atomic mass is 15.1. The van der Waals surface area contributed by atoms with Crippen molar-refractivity contribution >= 4 is 38.9 Å². The molecular formula is C46H40N2. The average Bonchev–Trinajstić information content (AvgIpc) is 3.57. The van der Waals surface area contributed by atoms with Crippen LogP contribution in [0.4, 0.5) is 17.1 Å². The third-order valence-electron chi connectivity index (χ3n) is 11.3. The molecule has 0 spiro atoms. The number of nitrogens with zero attached hydrogens (tertiary/aromatic N) is 2. The molecular weight excluding hydrogens is 581 g/mol. The van der Waals surface area contributed by atoms with Crippen LogP contribution in [0.5, 0.6) is 0 Å². The van der Waals surface area contributed by atoms with Gasteiger partial charge in [0.2, 0.25) is 0 Å². The fourth-order valence-electron chi connectivity index (χ4n) is 8.91. The van der Waals surface area contributed by atoms with Gasteiger partial charge in [-0.15, -0.1) is 0 Å². The highest BCUT2D eigenvalue weighted by Crippen LogP contribution is 2.54. The van der Waals surface area contributed by atoms with Crippen LogP contribution in [0.2, 0.25) is 0 Å². The summed E-state index contributed by atoms with van der Waals surface area (Å²) >= 11 is 0. The summed E-state index contributed by atoms with van der Waals surface area (Å²) in [5.74, 6) is 1.33. The molecule has 0 N–H and O–H groups in total. The minimum absolute atomic E-state index is 0.172. The van der Waals surface area contributed by atoms with Crippen LogP contribution in [0.15, 0.2) is 164 Å². The molecule has 0 aliphatic heterocycles. The second kappa shape index (κ2) is 11.4. The lowest BCUT2D eigenvalue weighted by Crippen LogP contribution is -2.32. The maximum absolute atomic E-state index is 4.49. The van der Waals surface area contributed by atoms with Gasteiger partial charge in [0.15, 0.2) is 0 Å². The van der Waals surface area contributed by atoms with Crippen LogP contribution < -0.4 is 4.90 Å². The van der Waals surface area contributed by atoms with E-state index < -0.39 is 0 Å². The number of rotatable bonds is 6. The van der Waals surface area contributed by atoms with Crippen molar-refractivity contribution in [3.63, 3.8) is 0 Å². The number of hydrogen-bond donors (Lipinski definition) is 0. The summed E-state index contributed by atoms with van der Waals surface area (Å²) in [4.78, 5) is 2.41. The summed E-state index contributed by atoms with van der Waals surface area (Å²) in [7, 11) is 0. The lowest BCUT2D eigenvalue weighted by Gasteiger charge is -2.40. The molecule has 0 unspecified atom stereocenters. The first-order valence-electron chi connectivity index (χ1n) is 17.4. The Kier molecular flexibility index (Phi) is 6.86. The van der Waals surface area contributed by atoms with Crippen molar-refractivity contribution in [3.05, 3.63) is 169 Å². The zero-order chi connectivity index (χ0) is 32.2. The van der Waals surface area contributed by atoms with E-state index in [2.05, 4.69) is 175 Å².